The average molecular weight is 290 g/mol. The summed E-state index contributed by atoms with van der Waals surface area (Å²) >= 11 is 0. The van der Waals surface area contributed by atoms with Gasteiger partial charge in [-0.1, -0.05) is 6.07 Å². The Morgan fingerprint density at radius 1 is 1.24 bits per heavy atom. The van der Waals surface area contributed by atoms with E-state index in [4.69, 9.17) is 9.47 Å². The van der Waals surface area contributed by atoms with Gasteiger partial charge in [-0.2, -0.15) is 0 Å². The topological polar surface area (TPSA) is 33.7 Å². The molecule has 4 nitrogen and oxygen atoms in total. The first-order valence-electron chi connectivity index (χ1n) is 8.10. The van der Waals surface area contributed by atoms with Gasteiger partial charge < -0.3 is 19.7 Å². The minimum atomic E-state index is 0.635. The first-order valence-corrected chi connectivity index (χ1v) is 8.10. The SMILES string of the molecule is Cc1ccc(OCC2CCOCC2)c(N2CCNCC2)c1. The van der Waals surface area contributed by atoms with Crippen LogP contribution in [0.4, 0.5) is 5.69 Å². The molecule has 0 amide bonds. The van der Waals surface area contributed by atoms with Gasteiger partial charge >= 0.3 is 0 Å². The lowest BCUT2D eigenvalue weighted by Crippen LogP contribution is -2.43. The van der Waals surface area contributed by atoms with Gasteiger partial charge in [-0.25, -0.2) is 0 Å². The van der Waals surface area contributed by atoms with Crippen LogP contribution < -0.4 is 15.0 Å². The van der Waals surface area contributed by atoms with Gasteiger partial charge in [0.15, 0.2) is 0 Å². The number of nitrogens with zero attached hydrogens (tertiary/aromatic N) is 1. The Kier molecular flexibility index (Phi) is 4.99. The van der Waals surface area contributed by atoms with Crippen molar-refractivity contribution in [1.29, 1.82) is 0 Å². The molecule has 0 bridgehead atoms. The summed E-state index contributed by atoms with van der Waals surface area (Å²) in [6.07, 6.45) is 2.24. The molecule has 2 saturated heterocycles. The molecule has 0 saturated carbocycles. The summed E-state index contributed by atoms with van der Waals surface area (Å²) in [5.41, 5.74) is 2.55. The molecule has 2 aliphatic rings. The molecule has 0 spiro atoms. The number of ether oxygens (including phenoxy) is 2. The zero-order valence-electron chi connectivity index (χ0n) is 12.9. The maximum Gasteiger partial charge on any atom is 0.142 e. The van der Waals surface area contributed by atoms with E-state index in [1.165, 1.54) is 11.3 Å². The van der Waals surface area contributed by atoms with E-state index in [9.17, 15) is 0 Å². The number of piperazine rings is 1. The predicted molar refractivity (Wildman–Crippen MR) is 85.3 cm³/mol. The quantitative estimate of drug-likeness (QED) is 0.922. The molecular formula is C17H26N2O2. The second kappa shape index (κ2) is 7.14. The highest BCUT2D eigenvalue weighted by molar-refractivity contribution is 5.60. The summed E-state index contributed by atoms with van der Waals surface area (Å²) in [4.78, 5) is 2.43. The molecule has 2 aliphatic heterocycles. The van der Waals surface area contributed by atoms with E-state index < -0.39 is 0 Å². The normalized spacial score (nSPS) is 20.5. The molecule has 1 N–H and O–H groups in total. The van der Waals surface area contributed by atoms with E-state index in [0.717, 1.165) is 64.6 Å². The second-order valence-corrected chi connectivity index (χ2v) is 6.07. The lowest BCUT2D eigenvalue weighted by molar-refractivity contribution is 0.0498. The molecule has 0 aliphatic carbocycles. The van der Waals surface area contributed by atoms with Gasteiger partial charge in [0.25, 0.3) is 0 Å². The summed E-state index contributed by atoms with van der Waals surface area (Å²) in [6, 6.07) is 6.53. The van der Waals surface area contributed by atoms with Crippen LogP contribution in [0.25, 0.3) is 0 Å². The van der Waals surface area contributed by atoms with E-state index in [1.807, 2.05) is 0 Å². The van der Waals surface area contributed by atoms with Crippen LogP contribution >= 0.6 is 0 Å². The molecule has 0 unspecified atom stereocenters. The van der Waals surface area contributed by atoms with Crippen LogP contribution in [-0.2, 0) is 4.74 Å². The Morgan fingerprint density at radius 3 is 2.76 bits per heavy atom. The molecule has 0 radical (unpaired) electrons. The number of hydrogen-bond donors (Lipinski definition) is 1. The third-order valence-electron chi connectivity index (χ3n) is 4.39. The third-order valence-corrected chi connectivity index (χ3v) is 4.39. The zero-order chi connectivity index (χ0) is 14.5. The van der Waals surface area contributed by atoms with Gasteiger partial charge in [0.05, 0.1) is 12.3 Å². The Labute approximate surface area is 127 Å². The van der Waals surface area contributed by atoms with Crippen molar-refractivity contribution >= 4 is 5.69 Å². The molecule has 1 aromatic carbocycles. The van der Waals surface area contributed by atoms with Crippen LogP contribution in [0.15, 0.2) is 18.2 Å². The Balaban J connectivity index is 1.68. The zero-order valence-corrected chi connectivity index (χ0v) is 12.9. The van der Waals surface area contributed by atoms with Gasteiger partial charge in [-0.3, -0.25) is 0 Å². The van der Waals surface area contributed by atoms with Crippen molar-refractivity contribution in [2.75, 3.05) is 50.9 Å². The van der Waals surface area contributed by atoms with Gasteiger partial charge in [0.1, 0.15) is 5.75 Å². The molecule has 3 rings (SSSR count). The van der Waals surface area contributed by atoms with Gasteiger partial charge in [0, 0.05) is 39.4 Å². The van der Waals surface area contributed by atoms with Crippen LogP contribution in [0.1, 0.15) is 18.4 Å². The molecule has 116 valence electrons. The van der Waals surface area contributed by atoms with Crippen molar-refractivity contribution < 1.29 is 9.47 Å². The first kappa shape index (κ1) is 14.7. The molecule has 0 aromatic heterocycles. The van der Waals surface area contributed by atoms with Crippen molar-refractivity contribution in [3.63, 3.8) is 0 Å². The number of rotatable bonds is 4. The minimum Gasteiger partial charge on any atom is -0.491 e. The maximum atomic E-state index is 6.17. The monoisotopic (exact) mass is 290 g/mol. The highest BCUT2D eigenvalue weighted by atomic mass is 16.5. The predicted octanol–water partition coefficient (Wildman–Crippen LogP) is 2.21. The average Bonchev–Trinajstić information content (AvgIpc) is 2.55. The fourth-order valence-corrected chi connectivity index (χ4v) is 3.02. The van der Waals surface area contributed by atoms with E-state index in [-0.39, 0.29) is 0 Å². The van der Waals surface area contributed by atoms with Crippen LogP contribution in [-0.4, -0.2) is 46.0 Å². The van der Waals surface area contributed by atoms with E-state index in [0.29, 0.717) is 5.92 Å². The second-order valence-electron chi connectivity index (χ2n) is 6.07. The summed E-state index contributed by atoms with van der Waals surface area (Å²) < 4.78 is 11.6. The molecular weight excluding hydrogens is 264 g/mol. The summed E-state index contributed by atoms with van der Waals surface area (Å²) in [6.45, 7) is 8.92. The van der Waals surface area contributed by atoms with Crippen molar-refractivity contribution in [1.82, 2.24) is 5.32 Å². The lowest BCUT2D eigenvalue weighted by Gasteiger charge is -2.31. The third kappa shape index (κ3) is 3.89. The largest absolute Gasteiger partial charge is 0.491 e. The molecule has 1 aromatic rings. The molecule has 4 heteroatoms. The van der Waals surface area contributed by atoms with Gasteiger partial charge in [-0.05, 0) is 43.4 Å². The molecule has 2 fully saturated rings. The standard InChI is InChI=1S/C17H26N2O2/c1-14-2-3-17(21-13-15-4-10-20-11-5-15)16(12-14)19-8-6-18-7-9-19/h2-3,12,15,18H,4-11,13H2,1H3. The molecule has 2 heterocycles. The number of hydrogen-bond acceptors (Lipinski definition) is 4. The summed E-state index contributed by atoms with van der Waals surface area (Å²) in [7, 11) is 0. The van der Waals surface area contributed by atoms with Crippen LogP contribution in [0.5, 0.6) is 5.75 Å². The fourth-order valence-electron chi connectivity index (χ4n) is 3.02. The first-order chi connectivity index (χ1) is 10.3. The van der Waals surface area contributed by atoms with Crippen LogP contribution in [0, 0.1) is 12.8 Å². The van der Waals surface area contributed by atoms with Crippen molar-refractivity contribution in [2.24, 2.45) is 5.92 Å². The number of nitrogens with one attached hydrogen (secondary N) is 1. The smallest absolute Gasteiger partial charge is 0.142 e. The Hall–Kier alpha value is -1.26. The van der Waals surface area contributed by atoms with Crippen LogP contribution in [0.2, 0.25) is 0 Å². The van der Waals surface area contributed by atoms with E-state index in [1.54, 1.807) is 0 Å². The van der Waals surface area contributed by atoms with Crippen LogP contribution in [0.3, 0.4) is 0 Å². The van der Waals surface area contributed by atoms with E-state index in [2.05, 4.69) is 35.3 Å². The molecule has 21 heavy (non-hydrogen) atoms. The lowest BCUT2D eigenvalue weighted by atomic mass is 10.0. The minimum absolute atomic E-state index is 0.635. The van der Waals surface area contributed by atoms with Crippen molar-refractivity contribution in [3.05, 3.63) is 23.8 Å². The fraction of sp³-hybridized carbons (Fsp3) is 0.647. The summed E-state index contributed by atoms with van der Waals surface area (Å²) in [5.74, 6) is 1.67. The highest BCUT2D eigenvalue weighted by Gasteiger charge is 2.18. The number of anilines is 1. The summed E-state index contributed by atoms with van der Waals surface area (Å²) in [5, 5.41) is 3.41. The Bertz CT molecular complexity index is 452. The van der Waals surface area contributed by atoms with Gasteiger partial charge in [-0.15, -0.1) is 0 Å². The maximum absolute atomic E-state index is 6.17. The van der Waals surface area contributed by atoms with Crippen molar-refractivity contribution in [3.8, 4) is 5.75 Å². The number of aryl methyl sites for hydroxylation is 1. The van der Waals surface area contributed by atoms with Gasteiger partial charge in [0.2, 0.25) is 0 Å². The van der Waals surface area contributed by atoms with E-state index >= 15 is 0 Å². The van der Waals surface area contributed by atoms with Crippen molar-refractivity contribution in [2.45, 2.75) is 19.8 Å². The number of benzene rings is 1. The highest BCUT2D eigenvalue weighted by Crippen LogP contribution is 2.30. The molecule has 0 atom stereocenters. The Morgan fingerprint density at radius 2 is 2.00 bits per heavy atom.